The molecule has 0 radical (unpaired) electrons. The number of phenols is 1. The molecular formula is C10H10BrN3O. The van der Waals surface area contributed by atoms with E-state index < -0.39 is 0 Å². The number of nitrogens with zero attached hydrogens (tertiary/aromatic N) is 1. The van der Waals surface area contributed by atoms with Crippen LogP contribution >= 0.6 is 15.9 Å². The number of aromatic hydroxyl groups is 1. The summed E-state index contributed by atoms with van der Waals surface area (Å²) in [4.78, 5) is 0. The minimum absolute atomic E-state index is 0.238. The molecular weight excluding hydrogens is 258 g/mol. The number of aromatic nitrogens is 2. The molecule has 1 aromatic heterocycles. The van der Waals surface area contributed by atoms with E-state index in [4.69, 9.17) is 5.73 Å². The monoisotopic (exact) mass is 267 g/mol. The Morgan fingerprint density at radius 3 is 2.73 bits per heavy atom. The van der Waals surface area contributed by atoms with Crippen LogP contribution in [0.2, 0.25) is 0 Å². The van der Waals surface area contributed by atoms with Gasteiger partial charge in [-0.15, -0.1) is 0 Å². The van der Waals surface area contributed by atoms with Crippen molar-refractivity contribution in [2.45, 2.75) is 6.92 Å². The first kappa shape index (κ1) is 10.0. The molecule has 0 unspecified atom stereocenters. The van der Waals surface area contributed by atoms with Gasteiger partial charge in [0.05, 0.1) is 5.69 Å². The quantitative estimate of drug-likeness (QED) is 0.743. The largest absolute Gasteiger partial charge is 0.507 e. The number of nitrogens with one attached hydrogen (secondary N) is 1. The lowest BCUT2D eigenvalue weighted by molar-refractivity contribution is 0.473. The maximum absolute atomic E-state index is 9.88. The summed E-state index contributed by atoms with van der Waals surface area (Å²) in [5.41, 5.74) is 7.69. The van der Waals surface area contributed by atoms with E-state index in [1.807, 2.05) is 19.1 Å². The molecule has 2 aromatic rings. The minimum Gasteiger partial charge on any atom is -0.507 e. The third-order valence-electron chi connectivity index (χ3n) is 2.15. The summed E-state index contributed by atoms with van der Waals surface area (Å²) in [7, 11) is 0. The zero-order valence-corrected chi connectivity index (χ0v) is 9.67. The fraction of sp³-hybridized carbons (Fsp3) is 0.100. The van der Waals surface area contributed by atoms with Crippen molar-refractivity contribution in [2.24, 2.45) is 0 Å². The summed E-state index contributed by atoms with van der Waals surface area (Å²) in [5.74, 6) is 0.642. The number of aromatic amines is 1. The molecule has 15 heavy (non-hydrogen) atoms. The van der Waals surface area contributed by atoms with Crippen LogP contribution in [0.5, 0.6) is 5.75 Å². The van der Waals surface area contributed by atoms with Crippen molar-refractivity contribution in [3.8, 4) is 17.0 Å². The summed E-state index contributed by atoms with van der Waals surface area (Å²) in [6.45, 7) is 1.84. The number of aryl methyl sites for hydroxylation is 1. The van der Waals surface area contributed by atoms with Crippen molar-refractivity contribution in [1.29, 1.82) is 0 Å². The Balaban J connectivity index is 2.62. The number of hydrogen-bond acceptors (Lipinski definition) is 3. The highest BCUT2D eigenvalue weighted by Gasteiger charge is 2.10. The van der Waals surface area contributed by atoms with Gasteiger partial charge < -0.3 is 10.8 Å². The number of rotatable bonds is 1. The molecule has 2 rings (SSSR count). The number of phenolic OH excluding ortho intramolecular Hbond substituents is 1. The predicted molar refractivity (Wildman–Crippen MR) is 62.5 cm³/mol. The Hall–Kier alpha value is -1.49. The summed E-state index contributed by atoms with van der Waals surface area (Å²) >= 11 is 3.37. The number of H-pyrrole nitrogens is 1. The van der Waals surface area contributed by atoms with Crippen LogP contribution < -0.4 is 5.73 Å². The number of nitrogen functional groups attached to an aromatic ring is 1. The topological polar surface area (TPSA) is 74.9 Å². The van der Waals surface area contributed by atoms with Crippen LogP contribution in [0.15, 0.2) is 22.7 Å². The van der Waals surface area contributed by atoms with Gasteiger partial charge in [0.1, 0.15) is 11.6 Å². The van der Waals surface area contributed by atoms with E-state index in [0.717, 1.165) is 10.0 Å². The molecule has 0 fully saturated rings. The van der Waals surface area contributed by atoms with Gasteiger partial charge in [0, 0.05) is 16.1 Å². The van der Waals surface area contributed by atoms with Crippen LogP contribution in [-0.4, -0.2) is 15.3 Å². The fourth-order valence-corrected chi connectivity index (χ4v) is 1.99. The first-order valence-electron chi connectivity index (χ1n) is 4.38. The third kappa shape index (κ3) is 1.83. The van der Waals surface area contributed by atoms with Crippen LogP contribution in [0, 0.1) is 6.92 Å². The van der Waals surface area contributed by atoms with Crippen LogP contribution in [0.1, 0.15) is 5.56 Å². The number of benzene rings is 1. The van der Waals surface area contributed by atoms with E-state index in [0.29, 0.717) is 17.1 Å². The second kappa shape index (κ2) is 3.58. The predicted octanol–water partition coefficient (Wildman–Crippen LogP) is 2.44. The molecule has 0 atom stereocenters. The van der Waals surface area contributed by atoms with Gasteiger partial charge in [-0.25, -0.2) is 0 Å². The van der Waals surface area contributed by atoms with Gasteiger partial charge in [0.15, 0.2) is 0 Å². The van der Waals surface area contributed by atoms with Gasteiger partial charge in [-0.3, -0.25) is 5.10 Å². The standard InChI is InChI=1S/C10H10BrN3O/c1-5-2-6(11)3-7(10(5)15)8-4-9(12)14-13-8/h2-4,15H,1H3,(H3,12,13,14). The highest BCUT2D eigenvalue weighted by molar-refractivity contribution is 9.10. The number of anilines is 1. The van der Waals surface area contributed by atoms with E-state index in [1.54, 1.807) is 6.07 Å². The molecule has 0 amide bonds. The number of hydrogen-bond donors (Lipinski definition) is 3. The molecule has 1 aromatic carbocycles. The van der Waals surface area contributed by atoms with Crippen LogP contribution in [0.4, 0.5) is 5.82 Å². The zero-order valence-electron chi connectivity index (χ0n) is 8.08. The van der Waals surface area contributed by atoms with Crippen molar-refractivity contribution >= 4 is 21.7 Å². The lowest BCUT2D eigenvalue weighted by Crippen LogP contribution is -1.83. The molecule has 4 N–H and O–H groups in total. The fourth-order valence-electron chi connectivity index (χ4n) is 1.42. The van der Waals surface area contributed by atoms with E-state index in [2.05, 4.69) is 26.1 Å². The van der Waals surface area contributed by atoms with Crippen molar-refractivity contribution in [3.05, 3.63) is 28.2 Å². The first-order chi connectivity index (χ1) is 7.08. The number of halogens is 1. The molecule has 0 aliphatic rings. The van der Waals surface area contributed by atoms with Gasteiger partial charge in [-0.2, -0.15) is 5.10 Å². The molecule has 4 nitrogen and oxygen atoms in total. The van der Waals surface area contributed by atoms with Crippen molar-refractivity contribution in [3.63, 3.8) is 0 Å². The van der Waals surface area contributed by atoms with Crippen molar-refractivity contribution in [2.75, 3.05) is 5.73 Å². The smallest absolute Gasteiger partial charge is 0.145 e. The lowest BCUT2D eigenvalue weighted by Gasteiger charge is -2.05. The Morgan fingerprint density at radius 1 is 1.40 bits per heavy atom. The molecule has 5 heteroatoms. The van der Waals surface area contributed by atoms with E-state index in [1.165, 1.54) is 0 Å². The second-order valence-corrected chi connectivity index (χ2v) is 4.24. The molecule has 1 heterocycles. The molecule has 0 aliphatic carbocycles. The van der Waals surface area contributed by atoms with Crippen LogP contribution in [0.3, 0.4) is 0 Å². The van der Waals surface area contributed by atoms with Gasteiger partial charge in [0.25, 0.3) is 0 Å². The molecule has 0 bridgehead atoms. The van der Waals surface area contributed by atoms with Gasteiger partial charge >= 0.3 is 0 Å². The van der Waals surface area contributed by atoms with Gasteiger partial charge in [-0.1, -0.05) is 15.9 Å². The zero-order chi connectivity index (χ0) is 11.0. The van der Waals surface area contributed by atoms with Gasteiger partial charge in [0.2, 0.25) is 0 Å². The Bertz CT molecular complexity index is 507. The van der Waals surface area contributed by atoms with Crippen molar-refractivity contribution in [1.82, 2.24) is 10.2 Å². The Kier molecular flexibility index (Phi) is 2.40. The summed E-state index contributed by atoms with van der Waals surface area (Å²) < 4.78 is 0.904. The van der Waals surface area contributed by atoms with Crippen LogP contribution in [0.25, 0.3) is 11.3 Å². The maximum Gasteiger partial charge on any atom is 0.145 e. The van der Waals surface area contributed by atoms with Crippen LogP contribution in [-0.2, 0) is 0 Å². The lowest BCUT2D eigenvalue weighted by atomic mass is 10.1. The molecule has 0 saturated carbocycles. The normalized spacial score (nSPS) is 10.5. The number of nitrogens with two attached hydrogens (primary N) is 1. The average Bonchev–Trinajstić information content (AvgIpc) is 2.58. The average molecular weight is 268 g/mol. The first-order valence-corrected chi connectivity index (χ1v) is 5.17. The highest BCUT2D eigenvalue weighted by Crippen LogP contribution is 2.34. The molecule has 0 aliphatic heterocycles. The molecule has 0 spiro atoms. The van der Waals surface area contributed by atoms with E-state index in [9.17, 15) is 5.11 Å². The Labute approximate surface area is 95.3 Å². The minimum atomic E-state index is 0.238. The van der Waals surface area contributed by atoms with Gasteiger partial charge in [-0.05, 0) is 24.6 Å². The Morgan fingerprint density at radius 2 is 2.13 bits per heavy atom. The second-order valence-electron chi connectivity index (χ2n) is 3.33. The molecule has 0 saturated heterocycles. The van der Waals surface area contributed by atoms with Crippen molar-refractivity contribution < 1.29 is 5.11 Å². The summed E-state index contributed by atoms with van der Waals surface area (Å²) in [6.07, 6.45) is 0. The SMILES string of the molecule is Cc1cc(Br)cc(-c2cc(N)n[nH]2)c1O. The summed E-state index contributed by atoms with van der Waals surface area (Å²) in [6, 6.07) is 5.34. The molecule has 78 valence electrons. The summed E-state index contributed by atoms with van der Waals surface area (Å²) in [5, 5.41) is 16.5. The maximum atomic E-state index is 9.88. The van der Waals surface area contributed by atoms with E-state index in [-0.39, 0.29) is 5.75 Å². The third-order valence-corrected chi connectivity index (χ3v) is 2.61. The van der Waals surface area contributed by atoms with E-state index >= 15 is 0 Å². The highest BCUT2D eigenvalue weighted by atomic mass is 79.9.